The molecule has 264 valence electrons. The van der Waals surface area contributed by atoms with E-state index in [0.717, 1.165) is 56.9 Å². The van der Waals surface area contributed by atoms with Crippen LogP contribution in [0.5, 0.6) is 5.88 Å². The predicted molar refractivity (Wildman–Crippen MR) is 181 cm³/mol. The van der Waals surface area contributed by atoms with Gasteiger partial charge >= 0.3 is 6.18 Å². The highest BCUT2D eigenvalue weighted by atomic mass is 32.2. The van der Waals surface area contributed by atoms with Crippen LogP contribution in [0.4, 0.5) is 24.8 Å². The number of hydrogen-bond acceptors (Lipinski definition) is 9. The molecule has 5 rings (SSSR count). The molecule has 4 bridgehead atoms. The summed E-state index contributed by atoms with van der Waals surface area (Å²) in [5.41, 5.74) is 0.480. The fraction of sp³-hybridized carbons (Fsp3) is 0.424. The molecule has 0 amide bonds. The highest BCUT2D eigenvalue weighted by Crippen LogP contribution is 2.38. The third kappa shape index (κ3) is 9.09. The smallest absolute Gasteiger partial charge is 0.397 e. The van der Waals surface area contributed by atoms with Crippen molar-refractivity contribution >= 4 is 31.5 Å². The van der Waals surface area contributed by atoms with E-state index >= 15 is 0 Å². The first kappa shape index (κ1) is 36.1. The molecule has 1 aliphatic heterocycles. The summed E-state index contributed by atoms with van der Waals surface area (Å²) in [6, 6.07) is 16.7. The topological polar surface area (TPSA) is 136 Å². The molecular formula is C33H39F3N6O5S2. The summed E-state index contributed by atoms with van der Waals surface area (Å²) in [7, 11) is -7.52. The third-order valence-corrected chi connectivity index (χ3v) is 10.4. The van der Waals surface area contributed by atoms with Crippen LogP contribution in [0.25, 0.3) is 16.9 Å². The lowest BCUT2D eigenvalue weighted by atomic mass is 9.94. The standard InChI is InChI=1S/C33H39F3N6O5S2/c1-32(2,33(34,35)36)23-47-29-18-20-42(39-29)26-16-17-27-37-31(26)25-13-8-7-12-24(25)11-6-4-5-9-19-41(21-22-48(3,43)44)28-14-10-15-30(38-28)49(45,46)40-27/h7-8,10,12-18,20H,4-6,9,11,19,21-23H2,1-3H3,(H,37,40). The monoisotopic (exact) mass is 720 g/mol. The summed E-state index contributed by atoms with van der Waals surface area (Å²) < 4.78 is 101. The highest BCUT2D eigenvalue weighted by molar-refractivity contribution is 7.92. The zero-order valence-electron chi connectivity index (χ0n) is 27.4. The maximum absolute atomic E-state index is 13.6. The Hall–Kier alpha value is -4.18. The van der Waals surface area contributed by atoms with Crippen LogP contribution >= 0.6 is 0 Å². The molecule has 0 saturated carbocycles. The summed E-state index contributed by atoms with van der Waals surface area (Å²) in [5, 5.41) is 4.11. The van der Waals surface area contributed by atoms with Gasteiger partial charge < -0.3 is 9.64 Å². The van der Waals surface area contributed by atoms with Crippen molar-refractivity contribution in [2.45, 2.75) is 57.2 Å². The summed E-state index contributed by atoms with van der Waals surface area (Å²) in [4.78, 5) is 10.9. The Bertz CT molecular complexity index is 2000. The van der Waals surface area contributed by atoms with Crippen molar-refractivity contribution in [3.8, 4) is 22.8 Å². The van der Waals surface area contributed by atoms with E-state index in [-0.39, 0.29) is 29.0 Å². The lowest BCUT2D eigenvalue weighted by Crippen LogP contribution is -2.37. The zero-order valence-corrected chi connectivity index (χ0v) is 29.1. The summed E-state index contributed by atoms with van der Waals surface area (Å²) >= 11 is 0. The number of nitrogens with one attached hydrogen (secondary N) is 1. The fourth-order valence-electron chi connectivity index (χ4n) is 5.22. The lowest BCUT2D eigenvalue weighted by molar-refractivity contribution is -0.219. The number of fused-ring (bicyclic) bond motifs is 6. The first-order chi connectivity index (χ1) is 23.0. The normalized spacial score (nSPS) is 15.9. The predicted octanol–water partition coefficient (Wildman–Crippen LogP) is 6.06. The van der Waals surface area contributed by atoms with Crippen molar-refractivity contribution in [1.29, 1.82) is 0 Å². The Morgan fingerprint density at radius 2 is 1.69 bits per heavy atom. The largest absolute Gasteiger partial charge is 0.476 e. The Kier molecular flexibility index (Phi) is 10.6. The molecule has 4 aromatic rings. The average Bonchev–Trinajstić information content (AvgIpc) is 3.51. The molecule has 1 aliphatic rings. The van der Waals surface area contributed by atoms with Gasteiger partial charge in [0.05, 0.1) is 22.5 Å². The van der Waals surface area contributed by atoms with Crippen molar-refractivity contribution in [1.82, 2.24) is 19.7 Å². The molecular weight excluding hydrogens is 682 g/mol. The van der Waals surface area contributed by atoms with Crippen molar-refractivity contribution in [2.75, 3.05) is 41.3 Å². The summed E-state index contributed by atoms with van der Waals surface area (Å²) in [6.07, 6.45) is 2.29. The first-order valence-electron chi connectivity index (χ1n) is 15.8. The van der Waals surface area contributed by atoms with Gasteiger partial charge in [-0.05, 0) is 62.9 Å². The number of hydrogen-bond donors (Lipinski definition) is 1. The Labute approximate surface area is 284 Å². The number of nitrogens with zero attached hydrogens (tertiary/aromatic N) is 5. The van der Waals surface area contributed by atoms with Gasteiger partial charge in [-0.25, -0.2) is 23.1 Å². The average molecular weight is 721 g/mol. The number of pyridine rings is 2. The number of aromatic nitrogens is 4. The van der Waals surface area contributed by atoms with Gasteiger partial charge in [-0.2, -0.15) is 21.6 Å². The minimum Gasteiger partial charge on any atom is -0.476 e. The van der Waals surface area contributed by atoms with Crippen LogP contribution in [0.15, 0.2) is 71.9 Å². The zero-order chi connectivity index (χ0) is 35.5. The van der Waals surface area contributed by atoms with E-state index in [1.807, 2.05) is 24.3 Å². The van der Waals surface area contributed by atoms with Crippen LogP contribution in [-0.4, -0.2) is 74.5 Å². The number of benzene rings is 1. The number of halogens is 3. The van der Waals surface area contributed by atoms with Gasteiger partial charge in [0.1, 0.15) is 28.1 Å². The van der Waals surface area contributed by atoms with Gasteiger partial charge in [0.2, 0.25) is 5.88 Å². The number of alkyl halides is 3. The molecule has 4 heterocycles. The Balaban J connectivity index is 1.53. The highest BCUT2D eigenvalue weighted by Gasteiger charge is 2.48. The number of anilines is 2. The first-order valence-corrected chi connectivity index (χ1v) is 19.3. The molecule has 0 spiro atoms. The van der Waals surface area contributed by atoms with Crippen LogP contribution in [-0.2, 0) is 26.3 Å². The number of ether oxygens (including phenoxy) is 1. The molecule has 0 atom stereocenters. The maximum atomic E-state index is 13.6. The van der Waals surface area contributed by atoms with E-state index in [1.165, 1.54) is 22.9 Å². The van der Waals surface area contributed by atoms with Crippen LogP contribution in [0.1, 0.15) is 45.1 Å². The summed E-state index contributed by atoms with van der Waals surface area (Å²) in [6.45, 7) is 2.14. The number of rotatable bonds is 7. The van der Waals surface area contributed by atoms with Crippen molar-refractivity contribution in [3.05, 3.63) is 72.4 Å². The molecule has 0 saturated heterocycles. The van der Waals surface area contributed by atoms with Gasteiger partial charge in [-0.1, -0.05) is 43.2 Å². The third-order valence-electron chi connectivity index (χ3n) is 8.21. The Morgan fingerprint density at radius 1 is 0.939 bits per heavy atom. The minimum absolute atomic E-state index is 0.00885. The van der Waals surface area contributed by atoms with E-state index in [2.05, 4.69) is 14.8 Å². The number of aryl methyl sites for hydroxylation is 1. The maximum Gasteiger partial charge on any atom is 0.397 e. The van der Waals surface area contributed by atoms with Gasteiger partial charge in [-0.3, -0.25) is 4.72 Å². The van der Waals surface area contributed by atoms with Gasteiger partial charge in [-0.15, -0.1) is 5.10 Å². The molecule has 49 heavy (non-hydrogen) atoms. The molecule has 11 nitrogen and oxygen atoms in total. The van der Waals surface area contributed by atoms with Crippen LogP contribution in [0.2, 0.25) is 0 Å². The second-order valence-electron chi connectivity index (χ2n) is 12.7. The van der Waals surface area contributed by atoms with Gasteiger partial charge in [0, 0.05) is 37.2 Å². The molecule has 1 N–H and O–H groups in total. The van der Waals surface area contributed by atoms with Gasteiger partial charge in [0.25, 0.3) is 10.0 Å². The van der Waals surface area contributed by atoms with Crippen molar-refractivity contribution in [2.24, 2.45) is 5.41 Å². The van der Waals surface area contributed by atoms with Crippen LogP contribution in [0, 0.1) is 5.41 Å². The second kappa shape index (κ2) is 14.4. The van der Waals surface area contributed by atoms with E-state index in [4.69, 9.17) is 9.72 Å². The van der Waals surface area contributed by atoms with E-state index in [9.17, 15) is 30.0 Å². The molecule has 0 unspecified atom stereocenters. The molecule has 3 aromatic heterocycles. The quantitative estimate of drug-likeness (QED) is 0.242. The fourth-order valence-corrected chi connectivity index (χ4v) is 6.74. The molecule has 16 heteroatoms. The van der Waals surface area contributed by atoms with Crippen molar-refractivity contribution < 1.29 is 34.7 Å². The van der Waals surface area contributed by atoms with Crippen LogP contribution in [0.3, 0.4) is 0 Å². The van der Waals surface area contributed by atoms with Gasteiger partial charge in [0.15, 0.2) is 5.03 Å². The van der Waals surface area contributed by atoms with E-state index in [0.29, 0.717) is 30.2 Å². The summed E-state index contributed by atoms with van der Waals surface area (Å²) in [5.74, 6) is 0.246. The van der Waals surface area contributed by atoms with E-state index in [1.54, 1.807) is 29.3 Å². The SMILES string of the molecule is CC(C)(COc1ccn(-c2ccc3nc2-c2ccccc2CCCCCCN(CCS(C)(=O)=O)c2cccc(n2)S(=O)(=O)N3)n1)C(F)(F)F. The molecule has 1 aromatic carbocycles. The number of sulfonamides is 1. The molecule has 0 fully saturated rings. The second-order valence-corrected chi connectivity index (χ2v) is 16.6. The lowest BCUT2D eigenvalue weighted by Gasteiger charge is -2.26. The Morgan fingerprint density at radius 3 is 2.45 bits per heavy atom. The number of sulfone groups is 1. The van der Waals surface area contributed by atoms with E-state index < -0.39 is 38.1 Å². The molecule has 0 aliphatic carbocycles. The van der Waals surface area contributed by atoms with Crippen LogP contribution < -0.4 is 14.4 Å². The minimum atomic E-state index is -4.47. The van der Waals surface area contributed by atoms with Crippen molar-refractivity contribution in [3.63, 3.8) is 0 Å². The molecule has 0 radical (unpaired) electrons.